The highest BCUT2D eigenvalue weighted by molar-refractivity contribution is 5.99. The number of hydrogen-bond donors (Lipinski definition) is 2. The lowest BCUT2D eigenvalue weighted by atomic mass is 10.1. The van der Waals surface area contributed by atoms with E-state index in [2.05, 4.69) is 25.5 Å². The van der Waals surface area contributed by atoms with Crippen LogP contribution in [0.1, 0.15) is 39.7 Å². The van der Waals surface area contributed by atoms with Crippen LogP contribution in [0.2, 0.25) is 0 Å². The first kappa shape index (κ1) is 24.6. The van der Waals surface area contributed by atoms with Crippen molar-refractivity contribution in [2.75, 3.05) is 44.2 Å². The highest BCUT2D eigenvalue weighted by Crippen LogP contribution is 2.22. The molecular formula is C24H32N6O5. The number of alkyl carbamates (subject to hydrolysis) is 1. The van der Waals surface area contributed by atoms with Crippen molar-refractivity contribution >= 4 is 34.4 Å². The number of nitrogens with one attached hydrogen (secondary N) is 2. The van der Waals surface area contributed by atoms with Gasteiger partial charge in [-0.1, -0.05) is 0 Å². The number of piperazine rings is 1. The molecular weight excluding hydrogens is 452 g/mol. The van der Waals surface area contributed by atoms with E-state index in [4.69, 9.17) is 4.74 Å². The predicted molar refractivity (Wildman–Crippen MR) is 130 cm³/mol. The normalized spacial score (nSPS) is 19.5. The minimum absolute atomic E-state index is 0.185. The number of benzene rings is 1. The number of anilines is 1. The molecule has 1 unspecified atom stereocenters. The molecule has 188 valence electrons. The maximum absolute atomic E-state index is 13.0. The molecule has 4 rings (SSSR count). The van der Waals surface area contributed by atoms with Crippen LogP contribution in [-0.2, 0) is 14.3 Å². The molecule has 0 aliphatic carbocycles. The Morgan fingerprint density at radius 2 is 1.91 bits per heavy atom. The Balaban J connectivity index is 1.35. The average molecular weight is 485 g/mol. The largest absolute Gasteiger partial charge is 0.444 e. The number of nitrogens with zero attached hydrogens (tertiary/aromatic N) is 4. The van der Waals surface area contributed by atoms with Crippen LogP contribution in [0.4, 0.5) is 10.5 Å². The molecule has 3 heterocycles. The van der Waals surface area contributed by atoms with Crippen molar-refractivity contribution in [1.82, 2.24) is 25.3 Å². The molecule has 2 N–H and O–H groups in total. The number of ether oxygens (including phenoxy) is 1. The Labute approximate surface area is 203 Å². The minimum atomic E-state index is -0.776. The number of fused-ring (bicyclic) bond motifs is 1. The van der Waals surface area contributed by atoms with Crippen molar-refractivity contribution < 1.29 is 19.1 Å². The summed E-state index contributed by atoms with van der Waals surface area (Å²) < 4.78 is 6.43. The molecule has 1 aromatic heterocycles. The molecule has 11 nitrogen and oxygen atoms in total. The molecule has 0 spiro atoms. The molecule has 2 aliphatic rings. The van der Waals surface area contributed by atoms with Crippen LogP contribution in [0, 0.1) is 0 Å². The first-order valence-electron chi connectivity index (χ1n) is 11.9. The van der Waals surface area contributed by atoms with Gasteiger partial charge in [-0.05, 0) is 45.4 Å². The van der Waals surface area contributed by atoms with Gasteiger partial charge in [0.15, 0.2) is 0 Å². The molecule has 2 fully saturated rings. The zero-order valence-corrected chi connectivity index (χ0v) is 20.4. The SMILES string of the molecule is CC(C)(C)OC(=O)NCCN1CCN(c2ccc3c(=O)n(C4CCC(=O)NC4=O)ncc3c2)CC1. The van der Waals surface area contributed by atoms with E-state index in [1.807, 2.05) is 32.9 Å². The Morgan fingerprint density at radius 1 is 1.17 bits per heavy atom. The Morgan fingerprint density at radius 3 is 2.60 bits per heavy atom. The Bertz CT molecular complexity index is 1180. The van der Waals surface area contributed by atoms with Crippen LogP contribution in [0.25, 0.3) is 10.8 Å². The molecule has 0 radical (unpaired) electrons. The van der Waals surface area contributed by atoms with E-state index in [1.54, 1.807) is 12.3 Å². The van der Waals surface area contributed by atoms with Gasteiger partial charge in [0, 0.05) is 56.8 Å². The summed E-state index contributed by atoms with van der Waals surface area (Å²) in [6.07, 6.45) is 1.64. The summed E-state index contributed by atoms with van der Waals surface area (Å²) in [4.78, 5) is 52.9. The van der Waals surface area contributed by atoms with Crippen LogP contribution in [0.15, 0.2) is 29.2 Å². The average Bonchev–Trinajstić information content (AvgIpc) is 2.79. The van der Waals surface area contributed by atoms with Crippen molar-refractivity contribution in [2.24, 2.45) is 0 Å². The van der Waals surface area contributed by atoms with E-state index in [0.29, 0.717) is 17.3 Å². The monoisotopic (exact) mass is 484 g/mol. The zero-order chi connectivity index (χ0) is 25.2. The molecule has 35 heavy (non-hydrogen) atoms. The summed E-state index contributed by atoms with van der Waals surface area (Å²) >= 11 is 0. The predicted octanol–water partition coefficient (Wildman–Crippen LogP) is 1.02. The second kappa shape index (κ2) is 10.0. The van der Waals surface area contributed by atoms with Crippen LogP contribution < -0.4 is 21.1 Å². The fourth-order valence-corrected chi connectivity index (χ4v) is 4.35. The maximum Gasteiger partial charge on any atom is 0.407 e. The molecule has 0 saturated carbocycles. The smallest absolute Gasteiger partial charge is 0.407 e. The first-order valence-corrected chi connectivity index (χ1v) is 11.9. The summed E-state index contributed by atoms with van der Waals surface area (Å²) in [7, 11) is 0. The van der Waals surface area contributed by atoms with E-state index in [9.17, 15) is 19.2 Å². The standard InChI is InChI=1S/C24H32N6O5/c1-24(2,3)35-23(34)25-8-9-28-10-12-29(13-11-28)17-4-5-18-16(14-17)15-26-30(22(18)33)19-6-7-20(31)27-21(19)32/h4-5,14-15,19H,6-13H2,1-3H3,(H,25,34)(H,27,31,32). The number of amides is 3. The topological polar surface area (TPSA) is 126 Å². The summed E-state index contributed by atoms with van der Waals surface area (Å²) in [5.41, 5.74) is 0.151. The van der Waals surface area contributed by atoms with Gasteiger partial charge in [-0.3, -0.25) is 24.6 Å². The van der Waals surface area contributed by atoms with Gasteiger partial charge in [-0.15, -0.1) is 0 Å². The first-order chi connectivity index (χ1) is 16.6. The maximum atomic E-state index is 13.0. The minimum Gasteiger partial charge on any atom is -0.444 e. The number of imide groups is 1. The molecule has 11 heteroatoms. The van der Waals surface area contributed by atoms with Gasteiger partial charge in [-0.2, -0.15) is 5.10 Å². The van der Waals surface area contributed by atoms with Gasteiger partial charge in [-0.25, -0.2) is 9.48 Å². The summed E-state index contributed by atoms with van der Waals surface area (Å²) in [5.74, 6) is -0.824. The summed E-state index contributed by atoms with van der Waals surface area (Å²) in [5, 5.41) is 10.5. The summed E-state index contributed by atoms with van der Waals surface area (Å²) in [6, 6.07) is 4.85. The molecule has 1 aromatic carbocycles. The second-order valence-corrected chi connectivity index (χ2v) is 9.89. The molecule has 2 saturated heterocycles. The van der Waals surface area contributed by atoms with E-state index in [1.165, 1.54) is 4.68 Å². The quantitative estimate of drug-likeness (QED) is 0.603. The second-order valence-electron chi connectivity index (χ2n) is 9.89. The van der Waals surface area contributed by atoms with E-state index >= 15 is 0 Å². The number of aromatic nitrogens is 2. The van der Waals surface area contributed by atoms with Gasteiger partial charge < -0.3 is 15.0 Å². The molecule has 0 bridgehead atoms. The third-order valence-corrected chi connectivity index (χ3v) is 6.13. The lowest BCUT2D eigenvalue weighted by molar-refractivity contribution is -0.136. The van der Waals surface area contributed by atoms with Crippen molar-refractivity contribution in [1.29, 1.82) is 0 Å². The summed E-state index contributed by atoms with van der Waals surface area (Å²) in [6.45, 7) is 10.1. The van der Waals surface area contributed by atoms with Crippen LogP contribution in [0.5, 0.6) is 0 Å². The lowest BCUT2D eigenvalue weighted by Crippen LogP contribution is -2.48. The van der Waals surface area contributed by atoms with Gasteiger partial charge in [0.1, 0.15) is 11.6 Å². The number of hydrogen-bond acceptors (Lipinski definition) is 8. The van der Waals surface area contributed by atoms with Crippen molar-refractivity contribution in [3.05, 3.63) is 34.7 Å². The molecule has 2 aliphatic heterocycles. The van der Waals surface area contributed by atoms with E-state index < -0.39 is 23.6 Å². The molecule has 1 atom stereocenters. The number of carbonyl (C=O) groups excluding carboxylic acids is 3. The lowest BCUT2D eigenvalue weighted by Gasteiger charge is -2.36. The highest BCUT2D eigenvalue weighted by atomic mass is 16.6. The number of rotatable bonds is 5. The zero-order valence-electron chi connectivity index (χ0n) is 20.4. The number of piperidine rings is 1. The molecule has 2 aromatic rings. The van der Waals surface area contributed by atoms with Crippen LogP contribution >= 0.6 is 0 Å². The highest BCUT2D eigenvalue weighted by Gasteiger charge is 2.30. The van der Waals surface area contributed by atoms with Crippen LogP contribution in [-0.4, -0.2) is 77.5 Å². The van der Waals surface area contributed by atoms with E-state index in [-0.39, 0.29) is 24.3 Å². The Hall–Kier alpha value is -3.47. The van der Waals surface area contributed by atoms with E-state index in [0.717, 1.165) is 38.4 Å². The van der Waals surface area contributed by atoms with Crippen LogP contribution in [0.3, 0.4) is 0 Å². The van der Waals surface area contributed by atoms with Gasteiger partial charge >= 0.3 is 6.09 Å². The fourth-order valence-electron chi connectivity index (χ4n) is 4.35. The van der Waals surface area contributed by atoms with Crippen molar-refractivity contribution in [3.8, 4) is 0 Å². The van der Waals surface area contributed by atoms with Gasteiger partial charge in [0.05, 0.1) is 11.6 Å². The number of carbonyl (C=O) groups is 3. The van der Waals surface area contributed by atoms with Crippen molar-refractivity contribution in [3.63, 3.8) is 0 Å². The molecule has 3 amide bonds. The Kier molecular flexibility index (Phi) is 7.06. The third-order valence-electron chi connectivity index (χ3n) is 6.13. The fraction of sp³-hybridized carbons (Fsp3) is 0.542. The third kappa shape index (κ3) is 5.97. The van der Waals surface area contributed by atoms with Gasteiger partial charge in [0.25, 0.3) is 11.5 Å². The van der Waals surface area contributed by atoms with Gasteiger partial charge in [0.2, 0.25) is 5.91 Å². The van der Waals surface area contributed by atoms with Crippen molar-refractivity contribution in [2.45, 2.75) is 45.3 Å².